The van der Waals surface area contributed by atoms with Crippen LogP contribution in [0, 0.1) is 5.82 Å². The maximum atomic E-state index is 13.2. The molecule has 8 heteroatoms. The number of carbonyl (C=O) groups excluding carboxylic acids is 1. The first-order valence-corrected chi connectivity index (χ1v) is 7.92. The summed E-state index contributed by atoms with van der Waals surface area (Å²) in [5.74, 6) is 0.0820. The molecule has 0 fully saturated rings. The molecule has 2 aromatic carbocycles. The van der Waals surface area contributed by atoms with Crippen LogP contribution in [-0.2, 0) is 0 Å². The van der Waals surface area contributed by atoms with Gasteiger partial charge >= 0.3 is 0 Å². The smallest absolute Gasteiger partial charge is 0.274 e. The topological polar surface area (TPSA) is 76.1 Å². The summed E-state index contributed by atoms with van der Waals surface area (Å²) in [7, 11) is 1.55. The summed E-state index contributed by atoms with van der Waals surface area (Å²) in [6.45, 7) is 0. The highest BCUT2D eigenvalue weighted by Gasteiger charge is 2.10. The van der Waals surface area contributed by atoms with E-state index in [-0.39, 0.29) is 10.7 Å². The number of amides is 1. The number of ether oxygens (including phenoxy) is 1. The fourth-order valence-electron chi connectivity index (χ4n) is 2.17. The fourth-order valence-corrected chi connectivity index (χ4v) is 2.35. The van der Waals surface area contributed by atoms with Crippen molar-refractivity contribution in [3.63, 3.8) is 0 Å². The summed E-state index contributed by atoms with van der Waals surface area (Å²) in [4.78, 5) is 20.4. The van der Waals surface area contributed by atoms with Gasteiger partial charge in [-0.2, -0.15) is 0 Å². The summed E-state index contributed by atoms with van der Waals surface area (Å²) < 4.78 is 18.3. The van der Waals surface area contributed by atoms with E-state index >= 15 is 0 Å². The van der Waals surface area contributed by atoms with Gasteiger partial charge in [-0.05, 0) is 30.3 Å². The highest BCUT2D eigenvalue weighted by atomic mass is 35.5. The molecule has 26 heavy (non-hydrogen) atoms. The van der Waals surface area contributed by atoms with E-state index in [2.05, 4.69) is 20.6 Å². The number of rotatable bonds is 5. The summed E-state index contributed by atoms with van der Waals surface area (Å²) in [5, 5.41) is 5.67. The average Bonchev–Trinajstić information content (AvgIpc) is 2.65. The molecule has 0 atom stereocenters. The third-order valence-corrected chi connectivity index (χ3v) is 3.71. The number of benzene rings is 2. The minimum Gasteiger partial charge on any atom is -0.497 e. The zero-order valence-corrected chi connectivity index (χ0v) is 14.4. The van der Waals surface area contributed by atoms with E-state index in [9.17, 15) is 9.18 Å². The van der Waals surface area contributed by atoms with Crippen LogP contribution in [0.1, 0.15) is 10.5 Å². The molecule has 0 unspecified atom stereocenters. The van der Waals surface area contributed by atoms with Gasteiger partial charge < -0.3 is 15.4 Å². The Balaban J connectivity index is 1.75. The second-order valence-electron chi connectivity index (χ2n) is 5.23. The molecule has 0 aliphatic rings. The van der Waals surface area contributed by atoms with Crippen LogP contribution in [0.3, 0.4) is 0 Å². The van der Waals surface area contributed by atoms with Gasteiger partial charge in [-0.25, -0.2) is 14.4 Å². The number of methoxy groups -OCH3 is 1. The Bertz CT molecular complexity index is 952. The van der Waals surface area contributed by atoms with Crippen molar-refractivity contribution in [1.29, 1.82) is 0 Å². The van der Waals surface area contributed by atoms with Crippen molar-refractivity contribution in [2.75, 3.05) is 17.7 Å². The van der Waals surface area contributed by atoms with Crippen LogP contribution in [0.25, 0.3) is 0 Å². The standard InChI is InChI=1S/C18H14ClFN4O2/c1-26-13-4-2-3-11(7-13)24-18(25)16-9-17(22-10-21-16)23-12-5-6-15(20)14(19)8-12/h2-10H,1H3,(H,24,25)(H,21,22,23). The molecule has 1 amide bonds. The van der Waals surface area contributed by atoms with E-state index in [1.165, 1.54) is 30.6 Å². The van der Waals surface area contributed by atoms with Crippen molar-refractivity contribution in [3.8, 4) is 5.75 Å². The third-order valence-electron chi connectivity index (χ3n) is 3.42. The van der Waals surface area contributed by atoms with E-state index in [1.807, 2.05) is 0 Å². The number of carbonyl (C=O) groups is 1. The molecule has 3 rings (SSSR count). The van der Waals surface area contributed by atoms with Crippen molar-refractivity contribution in [2.24, 2.45) is 0 Å². The van der Waals surface area contributed by atoms with Crippen molar-refractivity contribution in [1.82, 2.24) is 9.97 Å². The zero-order chi connectivity index (χ0) is 18.5. The molecule has 0 bridgehead atoms. The second kappa shape index (κ2) is 7.79. The summed E-state index contributed by atoms with van der Waals surface area (Å²) in [6.07, 6.45) is 1.26. The van der Waals surface area contributed by atoms with Crippen LogP contribution >= 0.6 is 11.6 Å². The highest BCUT2D eigenvalue weighted by molar-refractivity contribution is 6.31. The largest absolute Gasteiger partial charge is 0.497 e. The van der Waals surface area contributed by atoms with Crippen molar-refractivity contribution in [2.45, 2.75) is 0 Å². The highest BCUT2D eigenvalue weighted by Crippen LogP contribution is 2.22. The summed E-state index contributed by atoms with van der Waals surface area (Å²) >= 11 is 5.75. The fraction of sp³-hybridized carbons (Fsp3) is 0.0556. The SMILES string of the molecule is COc1cccc(NC(=O)c2cc(Nc3ccc(F)c(Cl)c3)ncn2)c1. The van der Waals surface area contributed by atoms with E-state index in [1.54, 1.807) is 31.4 Å². The van der Waals surface area contributed by atoms with Gasteiger partial charge in [0.2, 0.25) is 0 Å². The predicted molar refractivity (Wildman–Crippen MR) is 97.7 cm³/mol. The van der Waals surface area contributed by atoms with Crippen LogP contribution in [-0.4, -0.2) is 23.0 Å². The molecular formula is C18H14ClFN4O2. The van der Waals surface area contributed by atoms with Crippen LogP contribution < -0.4 is 15.4 Å². The van der Waals surface area contributed by atoms with Gasteiger partial charge in [0.25, 0.3) is 5.91 Å². The Morgan fingerprint density at radius 2 is 1.96 bits per heavy atom. The van der Waals surface area contributed by atoms with Gasteiger partial charge in [0.15, 0.2) is 0 Å². The Morgan fingerprint density at radius 3 is 2.73 bits per heavy atom. The maximum absolute atomic E-state index is 13.2. The number of nitrogens with one attached hydrogen (secondary N) is 2. The summed E-state index contributed by atoms with van der Waals surface area (Å²) in [6, 6.07) is 12.6. The van der Waals surface area contributed by atoms with Crippen LogP contribution in [0.5, 0.6) is 5.75 Å². The lowest BCUT2D eigenvalue weighted by molar-refractivity contribution is 0.102. The zero-order valence-electron chi connectivity index (χ0n) is 13.7. The molecule has 1 aromatic heterocycles. The van der Waals surface area contributed by atoms with E-state index < -0.39 is 11.7 Å². The Morgan fingerprint density at radius 1 is 1.12 bits per heavy atom. The monoisotopic (exact) mass is 372 g/mol. The number of aromatic nitrogens is 2. The Labute approximate surface area is 154 Å². The lowest BCUT2D eigenvalue weighted by atomic mass is 10.2. The third kappa shape index (κ3) is 4.25. The van der Waals surface area contributed by atoms with Gasteiger partial charge in [-0.1, -0.05) is 17.7 Å². The number of nitrogens with zero attached hydrogens (tertiary/aromatic N) is 2. The molecule has 2 N–H and O–H groups in total. The molecule has 0 aliphatic heterocycles. The molecule has 3 aromatic rings. The first-order valence-electron chi connectivity index (χ1n) is 7.54. The van der Waals surface area contributed by atoms with Crippen LogP contribution in [0.4, 0.5) is 21.6 Å². The van der Waals surface area contributed by atoms with Gasteiger partial charge in [0.1, 0.15) is 29.4 Å². The number of hydrogen-bond acceptors (Lipinski definition) is 5. The first kappa shape index (κ1) is 17.6. The lowest BCUT2D eigenvalue weighted by Crippen LogP contribution is -2.14. The van der Waals surface area contributed by atoms with E-state index in [0.29, 0.717) is 22.9 Å². The number of hydrogen-bond donors (Lipinski definition) is 2. The van der Waals surface area contributed by atoms with Gasteiger partial charge in [-0.3, -0.25) is 4.79 Å². The summed E-state index contributed by atoms with van der Waals surface area (Å²) in [5.41, 5.74) is 1.28. The number of anilines is 3. The van der Waals surface area contributed by atoms with E-state index in [4.69, 9.17) is 16.3 Å². The molecule has 0 saturated heterocycles. The quantitative estimate of drug-likeness (QED) is 0.699. The van der Waals surface area contributed by atoms with Crippen LogP contribution in [0.2, 0.25) is 5.02 Å². The Hall–Kier alpha value is -3.19. The minimum atomic E-state index is -0.515. The van der Waals surface area contributed by atoms with Crippen molar-refractivity contribution in [3.05, 3.63) is 71.4 Å². The minimum absolute atomic E-state index is 0.0138. The maximum Gasteiger partial charge on any atom is 0.274 e. The van der Waals surface area contributed by atoms with Crippen molar-refractivity contribution < 1.29 is 13.9 Å². The molecule has 6 nitrogen and oxygen atoms in total. The molecular weight excluding hydrogens is 359 g/mol. The van der Waals surface area contributed by atoms with E-state index in [0.717, 1.165) is 0 Å². The molecule has 1 heterocycles. The lowest BCUT2D eigenvalue weighted by Gasteiger charge is -2.09. The van der Waals surface area contributed by atoms with Crippen molar-refractivity contribution >= 4 is 34.7 Å². The molecule has 0 spiro atoms. The second-order valence-corrected chi connectivity index (χ2v) is 5.64. The normalized spacial score (nSPS) is 10.3. The van der Waals surface area contributed by atoms with Gasteiger partial charge in [0, 0.05) is 23.5 Å². The molecule has 0 radical (unpaired) electrons. The predicted octanol–water partition coefficient (Wildman–Crippen LogP) is 4.27. The molecule has 132 valence electrons. The average molecular weight is 373 g/mol. The Kier molecular flexibility index (Phi) is 5.28. The molecule has 0 saturated carbocycles. The van der Waals surface area contributed by atoms with Gasteiger partial charge in [0.05, 0.1) is 12.1 Å². The first-order chi connectivity index (χ1) is 12.5. The van der Waals surface area contributed by atoms with Crippen LogP contribution in [0.15, 0.2) is 54.9 Å². The molecule has 0 aliphatic carbocycles. The number of halogens is 2. The van der Waals surface area contributed by atoms with Gasteiger partial charge in [-0.15, -0.1) is 0 Å².